The van der Waals surface area contributed by atoms with Gasteiger partial charge in [-0.2, -0.15) is 0 Å². The first kappa shape index (κ1) is 14.2. The number of carbonyl (C=O) groups excluding carboxylic acids is 1. The molecule has 0 aromatic rings. The molecule has 0 saturated carbocycles. The summed E-state index contributed by atoms with van der Waals surface area (Å²) in [6, 6.07) is 0. The minimum atomic E-state index is -0.851. The molecule has 7 heteroatoms. The zero-order valence-electron chi connectivity index (χ0n) is 11.3. The molecule has 3 rings (SSSR count). The fourth-order valence-electron chi connectivity index (χ4n) is 3.23. The minimum absolute atomic E-state index is 0.164. The van der Waals surface area contributed by atoms with Crippen molar-refractivity contribution in [1.29, 1.82) is 0 Å². The first-order chi connectivity index (χ1) is 9.60. The Hall–Kier alpha value is -0.730. The van der Waals surface area contributed by atoms with Gasteiger partial charge < -0.3 is 29.2 Å². The van der Waals surface area contributed by atoms with Crippen LogP contribution in [0.25, 0.3) is 0 Å². The summed E-state index contributed by atoms with van der Waals surface area (Å²) in [5, 5.41) is 20.1. The van der Waals surface area contributed by atoms with Crippen molar-refractivity contribution in [2.45, 2.75) is 62.0 Å². The molecule has 7 nitrogen and oxygen atoms in total. The van der Waals surface area contributed by atoms with E-state index in [1.54, 1.807) is 0 Å². The van der Waals surface area contributed by atoms with E-state index in [0.717, 1.165) is 0 Å². The number of aliphatic hydroxyl groups excluding tert-OH is 2. The summed E-state index contributed by atoms with van der Waals surface area (Å²) >= 11 is 0. The maximum absolute atomic E-state index is 11.3. The van der Waals surface area contributed by atoms with Crippen LogP contribution in [0.5, 0.6) is 0 Å². The van der Waals surface area contributed by atoms with Crippen molar-refractivity contribution in [1.82, 2.24) is 0 Å². The molecule has 0 radical (unpaired) electrons. The quantitative estimate of drug-likeness (QED) is 0.628. The van der Waals surface area contributed by atoms with Crippen LogP contribution in [0.3, 0.4) is 0 Å². The monoisotopic (exact) mass is 288 g/mol. The van der Waals surface area contributed by atoms with Crippen molar-refractivity contribution in [2.75, 3.05) is 13.7 Å². The van der Waals surface area contributed by atoms with Crippen LogP contribution in [0.4, 0.5) is 0 Å². The molecule has 0 spiro atoms. The number of esters is 1. The van der Waals surface area contributed by atoms with Crippen LogP contribution in [-0.2, 0) is 23.7 Å². The van der Waals surface area contributed by atoms with Crippen LogP contribution in [0.2, 0.25) is 0 Å². The predicted molar refractivity (Wildman–Crippen MR) is 64.9 cm³/mol. The number of hydrogen-bond donors (Lipinski definition) is 2. The fraction of sp³-hybridized carbons (Fsp3) is 0.923. The van der Waals surface area contributed by atoms with E-state index in [1.807, 2.05) is 0 Å². The van der Waals surface area contributed by atoms with Gasteiger partial charge in [-0.25, -0.2) is 0 Å². The van der Waals surface area contributed by atoms with Crippen LogP contribution in [0, 0.1) is 0 Å². The first-order valence-electron chi connectivity index (χ1n) is 6.95. The molecule has 20 heavy (non-hydrogen) atoms. The normalized spacial score (nSPS) is 47.5. The molecule has 0 aromatic carbocycles. The molecule has 0 bridgehead atoms. The zero-order chi connectivity index (χ0) is 14.3. The van der Waals surface area contributed by atoms with Crippen LogP contribution < -0.4 is 0 Å². The standard InChI is InChI=1S/C13H20O7/c1-17-9(15)4-6-2-3-8-12(19-6)10(16)13-11(20-8)7(14)5-18-13/h6-8,10-14,16H,2-5H2,1H3/t6?,7?,8-,10?,11?,12-,13?/m0/s1. The van der Waals surface area contributed by atoms with Gasteiger partial charge >= 0.3 is 5.97 Å². The third-order valence-corrected chi connectivity index (χ3v) is 4.28. The number of ether oxygens (including phenoxy) is 4. The van der Waals surface area contributed by atoms with Crippen LogP contribution in [0.1, 0.15) is 19.3 Å². The lowest BCUT2D eigenvalue weighted by atomic mass is 9.88. The first-order valence-corrected chi connectivity index (χ1v) is 6.95. The summed E-state index contributed by atoms with van der Waals surface area (Å²) in [5.74, 6) is -0.329. The average molecular weight is 288 g/mol. The topological polar surface area (TPSA) is 94.5 Å². The van der Waals surface area contributed by atoms with Gasteiger partial charge in [0, 0.05) is 0 Å². The Morgan fingerprint density at radius 3 is 2.75 bits per heavy atom. The van der Waals surface area contributed by atoms with Crippen molar-refractivity contribution in [3.63, 3.8) is 0 Å². The summed E-state index contributed by atoms with van der Waals surface area (Å²) < 4.78 is 21.6. The number of fused-ring (bicyclic) bond motifs is 2. The number of aliphatic hydroxyl groups is 2. The molecular weight excluding hydrogens is 268 g/mol. The second-order valence-electron chi connectivity index (χ2n) is 5.58. The Morgan fingerprint density at radius 1 is 1.20 bits per heavy atom. The molecule has 3 fully saturated rings. The number of hydrogen-bond acceptors (Lipinski definition) is 7. The summed E-state index contributed by atoms with van der Waals surface area (Å²) in [6.07, 6.45) is -2.16. The lowest BCUT2D eigenvalue weighted by Crippen LogP contribution is -2.61. The van der Waals surface area contributed by atoms with Gasteiger partial charge in [0.05, 0.1) is 32.3 Å². The van der Waals surface area contributed by atoms with Gasteiger partial charge in [0.2, 0.25) is 0 Å². The average Bonchev–Trinajstić information content (AvgIpc) is 2.81. The van der Waals surface area contributed by atoms with Gasteiger partial charge in [0.15, 0.2) is 0 Å². The molecule has 7 atom stereocenters. The lowest BCUT2D eigenvalue weighted by Gasteiger charge is -2.46. The molecular formula is C13H20O7. The van der Waals surface area contributed by atoms with E-state index in [-0.39, 0.29) is 31.2 Å². The molecule has 0 aromatic heterocycles. The van der Waals surface area contributed by atoms with Crippen molar-refractivity contribution < 1.29 is 34.0 Å². The van der Waals surface area contributed by atoms with Gasteiger partial charge in [-0.15, -0.1) is 0 Å². The van der Waals surface area contributed by atoms with Crippen molar-refractivity contribution in [2.24, 2.45) is 0 Å². The Morgan fingerprint density at radius 2 is 2.00 bits per heavy atom. The van der Waals surface area contributed by atoms with Gasteiger partial charge in [0.25, 0.3) is 0 Å². The highest BCUT2D eigenvalue weighted by atomic mass is 16.6. The summed E-state index contributed by atoms with van der Waals surface area (Å²) in [5.41, 5.74) is 0. The van der Waals surface area contributed by atoms with Crippen LogP contribution in [-0.4, -0.2) is 72.6 Å². The summed E-state index contributed by atoms with van der Waals surface area (Å²) in [6.45, 7) is 0.164. The van der Waals surface area contributed by atoms with Gasteiger partial charge in [-0.1, -0.05) is 0 Å². The molecule has 3 aliphatic heterocycles. The molecule has 0 amide bonds. The Bertz CT molecular complexity index is 374. The fourth-order valence-corrected chi connectivity index (χ4v) is 3.23. The molecule has 3 aliphatic rings. The van der Waals surface area contributed by atoms with Gasteiger partial charge in [-0.05, 0) is 12.8 Å². The van der Waals surface area contributed by atoms with E-state index in [4.69, 9.17) is 14.2 Å². The van der Waals surface area contributed by atoms with Crippen molar-refractivity contribution >= 4 is 5.97 Å². The van der Waals surface area contributed by atoms with Crippen LogP contribution >= 0.6 is 0 Å². The Balaban J connectivity index is 1.66. The third kappa shape index (κ3) is 2.44. The molecule has 0 aliphatic carbocycles. The van der Waals surface area contributed by atoms with E-state index >= 15 is 0 Å². The summed E-state index contributed by atoms with van der Waals surface area (Å²) in [4.78, 5) is 11.3. The highest BCUT2D eigenvalue weighted by Gasteiger charge is 2.53. The highest BCUT2D eigenvalue weighted by Crippen LogP contribution is 2.37. The maximum Gasteiger partial charge on any atom is 0.308 e. The van der Waals surface area contributed by atoms with Gasteiger partial charge in [0.1, 0.15) is 30.5 Å². The molecule has 2 N–H and O–H groups in total. The third-order valence-electron chi connectivity index (χ3n) is 4.28. The molecule has 3 saturated heterocycles. The molecule has 5 unspecified atom stereocenters. The zero-order valence-corrected chi connectivity index (χ0v) is 11.3. The second kappa shape index (κ2) is 5.57. The highest BCUT2D eigenvalue weighted by molar-refractivity contribution is 5.69. The second-order valence-corrected chi connectivity index (χ2v) is 5.58. The van der Waals surface area contributed by atoms with E-state index < -0.39 is 30.5 Å². The minimum Gasteiger partial charge on any atom is -0.469 e. The van der Waals surface area contributed by atoms with E-state index in [0.29, 0.717) is 12.8 Å². The largest absolute Gasteiger partial charge is 0.469 e. The molecule has 3 heterocycles. The Kier molecular flexibility index (Phi) is 3.96. The number of methoxy groups -OCH3 is 1. The van der Waals surface area contributed by atoms with Crippen LogP contribution in [0.15, 0.2) is 0 Å². The van der Waals surface area contributed by atoms with Crippen molar-refractivity contribution in [3.05, 3.63) is 0 Å². The predicted octanol–water partition coefficient (Wildman–Crippen LogP) is -1.01. The Labute approximate surface area is 116 Å². The number of rotatable bonds is 2. The SMILES string of the molecule is COC(=O)CC1CC[C@@H]2OC3C(O)COC3C(O)[C@H]2O1. The van der Waals surface area contributed by atoms with E-state index in [2.05, 4.69) is 4.74 Å². The van der Waals surface area contributed by atoms with E-state index in [1.165, 1.54) is 7.11 Å². The maximum atomic E-state index is 11.3. The smallest absolute Gasteiger partial charge is 0.308 e. The van der Waals surface area contributed by atoms with Gasteiger partial charge in [-0.3, -0.25) is 4.79 Å². The van der Waals surface area contributed by atoms with Crippen molar-refractivity contribution in [3.8, 4) is 0 Å². The van der Waals surface area contributed by atoms with E-state index in [9.17, 15) is 15.0 Å². The molecule has 114 valence electrons. The number of carbonyl (C=O) groups is 1. The summed E-state index contributed by atoms with van der Waals surface area (Å²) in [7, 11) is 1.34. The lowest BCUT2D eigenvalue weighted by molar-refractivity contribution is -0.258.